The Morgan fingerprint density at radius 2 is 2.29 bits per heavy atom. The van der Waals surface area contributed by atoms with Gasteiger partial charge in [0, 0.05) is 11.9 Å². The number of nitrogens with zero attached hydrogens (tertiary/aromatic N) is 2. The van der Waals surface area contributed by atoms with E-state index in [-0.39, 0.29) is 17.3 Å². The van der Waals surface area contributed by atoms with Gasteiger partial charge in [-0.3, -0.25) is 4.79 Å². The average Bonchev–Trinajstić information content (AvgIpc) is 2.89. The molecule has 2 aromatic heterocycles. The lowest BCUT2D eigenvalue weighted by Crippen LogP contribution is -2.24. The van der Waals surface area contributed by atoms with Gasteiger partial charge in [-0.2, -0.15) is 5.26 Å². The van der Waals surface area contributed by atoms with Crippen molar-refractivity contribution in [2.45, 2.75) is 6.54 Å². The Labute approximate surface area is 98.1 Å². The largest absolute Gasteiger partial charge is 0.364 e. The van der Waals surface area contributed by atoms with Gasteiger partial charge in [-0.1, -0.05) is 6.07 Å². The molecule has 0 aliphatic heterocycles. The minimum atomic E-state index is -0.295. The van der Waals surface area contributed by atoms with E-state index in [1.807, 2.05) is 18.2 Å². The second kappa shape index (κ2) is 4.94. The Balaban J connectivity index is 2.02. The third-order valence-electron chi connectivity index (χ3n) is 2.20. The number of hydrogen-bond acceptors (Lipinski definition) is 3. The van der Waals surface area contributed by atoms with Crippen LogP contribution in [0.4, 0.5) is 0 Å². The molecule has 2 rings (SSSR count). The van der Waals surface area contributed by atoms with Gasteiger partial charge in [0.25, 0.3) is 5.91 Å². The molecule has 0 bridgehead atoms. The van der Waals surface area contributed by atoms with Crippen molar-refractivity contribution in [3.63, 3.8) is 0 Å². The minimum Gasteiger partial charge on any atom is -0.364 e. The summed E-state index contributed by atoms with van der Waals surface area (Å²) in [6.07, 6.45) is 1.79. The first-order valence-corrected chi connectivity index (χ1v) is 5.07. The van der Waals surface area contributed by atoms with E-state index in [0.29, 0.717) is 6.54 Å². The second-order valence-corrected chi connectivity index (χ2v) is 3.40. The second-order valence-electron chi connectivity index (χ2n) is 3.40. The maximum absolute atomic E-state index is 11.7. The van der Waals surface area contributed by atoms with E-state index >= 15 is 0 Å². The normalized spacial score (nSPS) is 9.59. The van der Waals surface area contributed by atoms with E-state index in [0.717, 1.165) is 5.69 Å². The fourth-order valence-corrected chi connectivity index (χ4v) is 1.37. The molecule has 0 unspecified atom stereocenters. The molecule has 2 N–H and O–H groups in total. The fraction of sp³-hybridized carbons (Fsp3) is 0.0833. The molecule has 84 valence electrons. The highest BCUT2D eigenvalue weighted by molar-refractivity contribution is 5.92. The number of nitriles is 1. The molecule has 5 nitrogen and oxygen atoms in total. The summed E-state index contributed by atoms with van der Waals surface area (Å²) in [4.78, 5) is 18.6. The van der Waals surface area contributed by atoms with Crippen LogP contribution in [0, 0.1) is 11.3 Å². The SMILES string of the molecule is N#Cc1cccc(C(=O)NCc2ccc[nH]2)n1. The predicted molar refractivity (Wildman–Crippen MR) is 60.9 cm³/mol. The topological polar surface area (TPSA) is 81.6 Å². The van der Waals surface area contributed by atoms with Crippen LogP contribution in [0.5, 0.6) is 0 Å². The first-order valence-electron chi connectivity index (χ1n) is 5.07. The van der Waals surface area contributed by atoms with E-state index in [2.05, 4.69) is 15.3 Å². The van der Waals surface area contributed by atoms with E-state index in [9.17, 15) is 4.79 Å². The number of pyridine rings is 1. The van der Waals surface area contributed by atoms with Gasteiger partial charge in [-0.25, -0.2) is 4.98 Å². The number of H-pyrrole nitrogens is 1. The summed E-state index contributed by atoms with van der Waals surface area (Å²) in [6, 6.07) is 10.4. The summed E-state index contributed by atoms with van der Waals surface area (Å²) < 4.78 is 0. The summed E-state index contributed by atoms with van der Waals surface area (Å²) in [6.45, 7) is 0.407. The summed E-state index contributed by atoms with van der Waals surface area (Å²) in [5, 5.41) is 11.4. The summed E-state index contributed by atoms with van der Waals surface area (Å²) in [5.41, 5.74) is 1.39. The number of amides is 1. The fourth-order valence-electron chi connectivity index (χ4n) is 1.37. The van der Waals surface area contributed by atoms with Crippen LogP contribution in [-0.2, 0) is 6.54 Å². The minimum absolute atomic E-state index is 0.234. The van der Waals surface area contributed by atoms with Gasteiger partial charge in [-0.15, -0.1) is 0 Å². The Hall–Kier alpha value is -2.61. The maximum Gasteiger partial charge on any atom is 0.270 e. The van der Waals surface area contributed by atoms with Gasteiger partial charge >= 0.3 is 0 Å². The van der Waals surface area contributed by atoms with Gasteiger partial charge < -0.3 is 10.3 Å². The van der Waals surface area contributed by atoms with Crippen LogP contribution >= 0.6 is 0 Å². The molecule has 17 heavy (non-hydrogen) atoms. The van der Waals surface area contributed by atoms with E-state index in [4.69, 9.17) is 5.26 Å². The van der Waals surface area contributed by atoms with E-state index in [1.54, 1.807) is 24.4 Å². The van der Waals surface area contributed by atoms with Crippen LogP contribution in [-0.4, -0.2) is 15.9 Å². The molecule has 2 heterocycles. The maximum atomic E-state index is 11.7. The van der Waals surface area contributed by atoms with Crippen molar-refractivity contribution in [3.8, 4) is 6.07 Å². The van der Waals surface area contributed by atoms with Crippen molar-refractivity contribution in [2.24, 2.45) is 0 Å². The Morgan fingerprint density at radius 1 is 1.41 bits per heavy atom. The molecular weight excluding hydrogens is 216 g/mol. The van der Waals surface area contributed by atoms with Gasteiger partial charge in [0.1, 0.15) is 17.5 Å². The highest BCUT2D eigenvalue weighted by Gasteiger charge is 2.07. The van der Waals surface area contributed by atoms with Gasteiger partial charge in [0.2, 0.25) is 0 Å². The number of nitrogens with one attached hydrogen (secondary N) is 2. The molecule has 0 aliphatic rings. The number of carbonyl (C=O) groups excluding carboxylic acids is 1. The zero-order valence-corrected chi connectivity index (χ0v) is 8.97. The number of carbonyl (C=O) groups is 1. The van der Waals surface area contributed by atoms with Crippen LogP contribution in [0.1, 0.15) is 21.9 Å². The van der Waals surface area contributed by atoms with Crippen molar-refractivity contribution >= 4 is 5.91 Å². The molecule has 0 aliphatic carbocycles. The number of hydrogen-bond donors (Lipinski definition) is 2. The van der Waals surface area contributed by atoms with Gasteiger partial charge in [0.15, 0.2) is 0 Å². The molecule has 5 heteroatoms. The first kappa shape index (κ1) is 10.9. The Kier molecular flexibility index (Phi) is 3.17. The lowest BCUT2D eigenvalue weighted by Gasteiger charge is -2.03. The lowest BCUT2D eigenvalue weighted by molar-refractivity contribution is 0.0945. The van der Waals surface area contributed by atoms with E-state index < -0.39 is 0 Å². The molecule has 0 saturated carbocycles. The molecule has 0 atom stereocenters. The number of aromatic amines is 1. The van der Waals surface area contributed by atoms with Crippen LogP contribution in [0.15, 0.2) is 36.5 Å². The first-order chi connectivity index (χ1) is 8.29. The summed E-state index contributed by atoms with van der Waals surface area (Å²) >= 11 is 0. The van der Waals surface area contributed by atoms with Gasteiger partial charge in [-0.05, 0) is 24.3 Å². The van der Waals surface area contributed by atoms with Crippen LogP contribution in [0.25, 0.3) is 0 Å². The molecule has 0 spiro atoms. The highest BCUT2D eigenvalue weighted by atomic mass is 16.1. The van der Waals surface area contributed by atoms with Gasteiger partial charge in [0.05, 0.1) is 6.54 Å². The van der Waals surface area contributed by atoms with Crippen molar-refractivity contribution in [1.29, 1.82) is 5.26 Å². The predicted octanol–water partition coefficient (Wildman–Crippen LogP) is 1.21. The lowest BCUT2D eigenvalue weighted by atomic mass is 10.3. The van der Waals surface area contributed by atoms with Crippen molar-refractivity contribution in [2.75, 3.05) is 0 Å². The summed E-state index contributed by atoms with van der Waals surface area (Å²) in [5.74, 6) is -0.295. The molecule has 0 saturated heterocycles. The van der Waals surface area contributed by atoms with Crippen LogP contribution < -0.4 is 5.32 Å². The number of rotatable bonds is 3. The highest BCUT2D eigenvalue weighted by Crippen LogP contribution is 1.99. The average molecular weight is 226 g/mol. The molecule has 1 amide bonds. The van der Waals surface area contributed by atoms with E-state index in [1.165, 1.54) is 0 Å². The third kappa shape index (κ3) is 2.69. The summed E-state index contributed by atoms with van der Waals surface area (Å²) in [7, 11) is 0. The molecular formula is C12H10N4O. The molecule has 0 radical (unpaired) electrons. The van der Waals surface area contributed by atoms with Crippen LogP contribution in [0.3, 0.4) is 0 Å². The Bertz CT molecular complexity index is 554. The zero-order valence-electron chi connectivity index (χ0n) is 8.97. The van der Waals surface area contributed by atoms with Crippen molar-refractivity contribution < 1.29 is 4.79 Å². The molecule has 2 aromatic rings. The molecule has 0 aromatic carbocycles. The van der Waals surface area contributed by atoms with Crippen LogP contribution in [0.2, 0.25) is 0 Å². The van der Waals surface area contributed by atoms with Crippen molar-refractivity contribution in [3.05, 3.63) is 53.6 Å². The smallest absolute Gasteiger partial charge is 0.270 e. The standard InChI is InChI=1S/C12H10N4O/c13-7-9-3-1-5-11(16-9)12(17)15-8-10-4-2-6-14-10/h1-6,14H,8H2,(H,15,17). The third-order valence-corrected chi connectivity index (χ3v) is 2.20. The quantitative estimate of drug-likeness (QED) is 0.825. The molecule has 0 fully saturated rings. The number of aromatic nitrogens is 2. The zero-order chi connectivity index (χ0) is 12.1. The monoisotopic (exact) mass is 226 g/mol. The van der Waals surface area contributed by atoms with Crippen molar-refractivity contribution in [1.82, 2.24) is 15.3 Å². The Morgan fingerprint density at radius 3 is 3.00 bits per heavy atom.